The van der Waals surface area contributed by atoms with E-state index in [1.165, 1.54) is 6.20 Å². The van der Waals surface area contributed by atoms with Gasteiger partial charge in [-0.3, -0.25) is 9.78 Å². The van der Waals surface area contributed by atoms with E-state index >= 15 is 0 Å². The van der Waals surface area contributed by atoms with Gasteiger partial charge in [0.1, 0.15) is 5.75 Å². The Hall–Kier alpha value is -1.93. The molecule has 1 amide bonds. The lowest BCUT2D eigenvalue weighted by molar-refractivity contribution is 0.00844. The molecule has 1 aromatic carbocycles. The molecule has 3 rings (SSSR count). The van der Waals surface area contributed by atoms with Crippen LogP contribution < -0.4 is 10.5 Å². The maximum atomic E-state index is 12.8. The number of carbonyl (C=O) groups excluding carboxylic acids is 1. The number of hydrogen-bond acceptors (Lipinski definition) is 6. The van der Waals surface area contributed by atoms with Crippen LogP contribution >= 0.6 is 24.8 Å². The number of halogens is 2. The fourth-order valence-electron chi connectivity index (χ4n) is 2.89. The zero-order valence-corrected chi connectivity index (χ0v) is 17.2. The summed E-state index contributed by atoms with van der Waals surface area (Å²) in [7, 11) is 0. The molecule has 154 valence electrons. The molecule has 1 aliphatic rings. The highest BCUT2D eigenvalue weighted by Crippen LogP contribution is 2.22. The van der Waals surface area contributed by atoms with Gasteiger partial charge in [0.05, 0.1) is 12.3 Å². The Kier molecular flexibility index (Phi) is 10.8. The van der Waals surface area contributed by atoms with Gasteiger partial charge in [-0.05, 0) is 44.0 Å². The molecule has 0 saturated carbocycles. The number of amides is 1. The van der Waals surface area contributed by atoms with Crippen molar-refractivity contribution in [2.75, 3.05) is 26.2 Å². The summed E-state index contributed by atoms with van der Waals surface area (Å²) in [5.41, 5.74) is 6.09. The van der Waals surface area contributed by atoms with Crippen LogP contribution in [0.5, 0.6) is 11.6 Å². The van der Waals surface area contributed by atoms with Gasteiger partial charge in [0.25, 0.3) is 5.91 Å². The van der Waals surface area contributed by atoms with Crippen LogP contribution in [-0.2, 0) is 4.74 Å². The highest BCUT2D eigenvalue weighted by Gasteiger charge is 2.24. The summed E-state index contributed by atoms with van der Waals surface area (Å²) < 4.78 is 11.4. The predicted molar refractivity (Wildman–Crippen MR) is 112 cm³/mol. The number of ether oxygens (including phenoxy) is 2. The first-order chi connectivity index (χ1) is 12.8. The summed E-state index contributed by atoms with van der Waals surface area (Å²) in [6.07, 6.45) is 7.47. The first-order valence-electron chi connectivity index (χ1n) is 8.91. The number of aromatic nitrogens is 2. The van der Waals surface area contributed by atoms with E-state index in [0.29, 0.717) is 43.4 Å². The molecule has 0 unspecified atom stereocenters. The van der Waals surface area contributed by atoms with Crippen molar-refractivity contribution in [3.8, 4) is 11.6 Å². The Morgan fingerprint density at radius 3 is 2.68 bits per heavy atom. The van der Waals surface area contributed by atoms with Crippen molar-refractivity contribution >= 4 is 30.7 Å². The molecule has 2 aromatic rings. The average Bonchev–Trinajstić information content (AvgIpc) is 2.69. The van der Waals surface area contributed by atoms with Gasteiger partial charge in [-0.1, -0.05) is 6.07 Å². The second-order valence-corrected chi connectivity index (χ2v) is 6.18. The molecule has 1 aliphatic heterocycles. The van der Waals surface area contributed by atoms with Gasteiger partial charge < -0.3 is 20.1 Å². The van der Waals surface area contributed by atoms with Crippen molar-refractivity contribution < 1.29 is 14.3 Å². The molecule has 1 fully saturated rings. The van der Waals surface area contributed by atoms with E-state index < -0.39 is 0 Å². The molecule has 0 radical (unpaired) electrons. The minimum absolute atomic E-state index is 0. The third-order valence-corrected chi connectivity index (χ3v) is 4.27. The molecule has 2 heterocycles. The third kappa shape index (κ3) is 6.91. The molecule has 2 N–H and O–H groups in total. The van der Waals surface area contributed by atoms with E-state index in [-0.39, 0.29) is 36.8 Å². The molecule has 0 atom stereocenters. The number of nitrogens with zero attached hydrogens (tertiary/aromatic N) is 3. The fraction of sp³-hybridized carbons (Fsp3) is 0.421. The lowest BCUT2D eigenvalue weighted by Gasteiger charge is -2.32. The number of benzene rings is 1. The second kappa shape index (κ2) is 12.5. The van der Waals surface area contributed by atoms with Gasteiger partial charge in [-0.25, -0.2) is 4.98 Å². The number of carbonyl (C=O) groups is 1. The molecule has 0 spiro atoms. The first-order valence-corrected chi connectivity index (χ1v) is 8.91. The minimum Gasteiger partial charge on any atom is -0.437 e. The molecular formula is C19H26Cl2N4O3. The molecule has 1 saturated heterocycles. The quantitative estimate of drug-likeness (QED) is 0.681. The minimum atomic E-state index is 0. The standard InChI is InChI=1S/C19H24N4O3.2ClH/c20-7-2-12-25-16-5-10-23(11-6-16)19(24)15-3-1-4-17(13-15)26-18-14-21-8-9-22-18;;/h1,3-4,8-9,13-14,16H,2,5-7,10-12,20H2;2*1H. The Morgan fingerprint density at radius 2 is 2.00 bits per heavy atom. The van der Waals surface area contributed by atoms with Crippen LogP contribution in [0.15, 0.2) is 42.9 Å². The van der Waals surface area contributed by atoms with Crippen molar-refractivity contribution in [1.82, 2.24) is 14.9 Å². The van der Waals surface area contributed by atoms with Gasteiger partial charge in [0.15, 0.2) is 0 Å². The Morgan fingerprint density at radius 1 is 1.21 bits per heavy atom. The topological polar surface area (TPSA) is 90.6 Å². The first kappa shape index (κ1) is 24.1. The van der Waals surface area contributed by atoms with Crippen molar-refractivity contribution in [1.29, 1.82) is 0 Å². The summed E-state index contributed by atoms with van der Waals surface area (Å²) in [5, 5.41) is 0. The van der Waals surface area contributed by atoms with Crippen molar-refractivity contribution in [3.05, 3.63) is 48.4 Å². The maximum Gasteiger partial charge on any atom is 0.253 e. The van der Waals surface area contributed by atoms with Gasteiger partial charge in [0, 0.05) is 37.7 Å². The Balaban J connectivity index is 0.00000196. The maximum absolute atomic E-state index is 12.8. The highest BCUT2D eigenvalue weighted by molar-refractivity contribution is 5.94. The Bertz CT molecular complexity index is 713. The molecule has 0 bridgehead atoms. The average molecular weight is 429 g/mol. The van der Waals surface area contributed by atoms with Crippen LogP contribution in [0.2, 0.25) is 0 Å². The Labute approximate surface area is 177 Å². The number of piperidine rings is 1. The molecule has 1 aromatic heterocycles. The number of likely N-dealkylation sites (tertiary alicyclic amines) is 1. The summed E-state index contributed by atoms with van der Waals surface area (Å²) in [6.45, 7) is 2.73. The highest BCUT2D eigenvalue weighted by atomic mass is 35.5. The molecule has 7 nitrogen and oxygen atoms in total. The van der Waals surface area contributed by atoms with Crippen LogP contribution in [0.1, 0.15) is 29.6 Å². The third-order valence-electron chi connectivity index (χ3n) is 4.27. The van der Waals surface area contributed by atoms with Crippen molar-refractivity contribution in [2.45, 2.75) is 25.4 Å². The van der Waals surface area contributed by atoms with Gasteiger partial charge >= 0.3 is 0 Å². The van der Waals surface area contributed by atoms with Crippen LogP contribution in [0, 0.1) is 0 Å². The summed E-state index contributed by atoms with van der Waals surface area (Å²) >= 11 is 0. The smallest absolute Gasteiger partial charge is 0.253 e. The second-order valence-electron chi connectivity index (χ2n) is 6.18. The van der Waals surface area contributed by atoms with Crippen LogP contribution in [0.3, 0.4) is 0 Å². The number of nitrogens with two attached hydrogens (primary N) is 1. The van der Waals surface area contributed by atoms with Crippen LogP contribution in [0.25, 0.3) is 0 Å². The molecule has 0 aliphatic carbocycles. The van der Waals surface area contributed by atoms with Crippen LogP contribution in [0.4, 0.5) is 0 Å². The fourth-order valence-corrected chi connectivity index (χ4v) is 2.89. The van der Waals surface area contributed by atoms with E-state index in [9.17, 15) is 4.79 Å². The van der Waals surface area contributed by atoms with Crippen LogP contribution in [-0.4, -0.2) is 53.1 Å². The zero-order chi connectivity index (χ0) is 18.2. The van der Waals surface area contributed by atoms with Crippen molar-refractivity contribution in [3.63, 3.8) is 0 Å². The zero-order valence-electron chi connectivity index (χ0n) is 15.5. The summed E-state index contributed by atoms with van der Waals surface area (Å²) in [5.74, 6) is 0.971. The van der Waals surface area contributed by atoms with E-state index in [1.807, 2.05) is 11.0 Å². The van der Waals surface area contributed by atoms with Crippen molar-refractivity contribution in [2.24, 2.45) is 5.73 Å². The number of rotatable bonds is 7. The van der Waals surface area contributed by atoms with E-state index in [1.54, 1.807) is 30.6 Å². The normalized spacial score (nSPS) is 14.0. The lowest BCUT2D eigenvalue weighted by atomic mass is 10.1. The predicted octanol–water partition coefficient (Wildman–Crippen LogP) is 3.08. The lowest BCUT2D eigenvalue weighted by Crippen LogP contribution is -2.41. The van der Waals surface area contributed by atoms with Gasteiger partial charge in [-0.2, -0.15) is 0 Å². The SMILES string of the molecule is Cl.Cl.NCCCOC1CCN(C(=O)c2cccc(Oc3cnccn3)c2)CC1. The monoisotopic (exact) mass is 428 g/mol. The number of hydrogen-bond donors (Lipinski definition) is 1. The molecule has 28 heavy (non-hydrogen) atoms. The van der Waals surface area contributed by atoms with E-state index in [2.05, 4.69) is 9.97 Å². The van der Waals surface area contributed by atoms with Gasteiger partial charge in [0.2, 0.25) is 5.88 Å². The van der Waals surface area contributed by atoms with Gasteiger partial charge in [-0.15, -0.1) is 24.8 Å². The summed E-state index contributed by atoms with van der Waals surface area (Å²) in [6, 6.07) is 7.14. The summed E-state index contributed by atoms with van der Waals surface area (Å²) in [4.78, 5) is 22.7. The molecule has 9 heteroatoms. The van der Waals surface area contributed by atoms with E-state index in [0.717, 1.165) is 19.3 Å². The van der Waals surface area contributed by atoms with E-state index in [4.69, 9.17) is 15.2 Å². The largest absolute Gasteiger partial charge is 0.437 e. The molecular weight excluding hydrogens is 403 g/mol.